The minimum atomic E-state index is -0.342. The topological polar surface area (TPSA) is 9.23 Å². The van der Waals surface area contributed by atoms with Crippen LogP contribution in [0, 0.1) is 0 Å². The van der Waals surface area contributed by atoms with Crippen molar-refractivity contribution < 1.29 is 4.74 Å². The molecule has 2 aromatic carbocycles. The molecule has 0 radical (unpaired) electrons. The van der Waals surface area contributed by atoms with Gasteiger partial charge in [0.15, 0.2) is 0 Å². The highest BCUT2D eigenvalue weighted by Crippen LogP contribution is 2.28. The maximum Gasteiger partial charge on any atom is 0.128 e. The van der Waals surface area contributed by atoms with Gasteiger partial charge in [-0.1, -0.05) is 36.4 Å². The van der Waals surface area contributed by atoms with E-state index in [0.29, 0.717) is 5.88 Å². The summed E-state index contributed by atoms with van der Waals surface area (Å²) in [6.45, 7) is 3.98. The smallest absolute Gasteiger partial charge is 0.128 e. The van der Waals surface area contributed by atoms with Crippen LogP contribution >= 0.6 is 11.6 Å². The van der Waals surface area contributed by atoms with E-state index in [-0.39, 0.29) is 5.60 Å². The molecule has 0 saturated heterocycles. The fourth-order valence-corrected chi connectivity index (χ4v) is 1.66. The van der Waals surface area contributed by atoms with Gasteiger partial charge in [-0.05, 0) is 25.3 Å². The van der Waals surface area contributed by atoms with E-state index < -0.39 is 0 Å². The molecule has 2 heteroatoms. The van der Waals surface area contributed by atoms with Gasteiger partial charge < -0.3 is 4.74 Å². The number of ether oxygens (including phenoxy) is 1. The highest BCUT2D eigenvalue weighted by atomic mass is 35.5. The molecule has 0 aliphatic rings. The quantitative estimate of drug-likeness (QED) is 0.722. The lowest BCUT2D eigenvalue weighted by Crippen LogP contribution is -2.30. The molecule has 0 amide bonds. The summed E-state index contributed by atoms with van der Waals surface area (Å²) in [6, 6.07) is 14.3. The Kier molecular flexibility index (Phi) is 3.06. The van der Waals surface area contributed by atoms with E-state index in [1.165, 1.54) is 5.39 Å². The maximum atomic E-state index is 5.93. The molecule has 0 fully saturated rings. The Morgan fingerprint density at radius 1 is 1.06 bits per heavy atom. The summed E-state index contributed by atoms with van der Waals surface area (Å²) < 4.78 is 5.93. The van der Waals surface area contributed by atoms with Gasteiger partial charge in [-0.25, -0.2) is 0 Å². The first-order chi connectivity index (χ1) is 7.62. The van der Waals surface area contributed by atoms with Gasteiger partial charge >= 0.3 is 0 Å². The van der Waals surface area contributed by atoms with E-state index in [9.17, 15) is 0 Å². The third kappa shape index (κ3) is 2.30. The monoisotopic (exact) mass is 234 g/mol. The van der Waals surface area contributed by atoms with Crippen LogP contribution in [-0.4, -0.2) is 11.5 Å². The molecular formula is C14H15ClO. The standard InChI is InChI=1S/C14H15ClO/c1-14(2,10-15)16-13-9-5-7-11-6-3-4-8-12(11)13/h3-9H,10H2,1-2H3. The largest absolute Gasteiger partial charge is 0.486 e. The molecule has 84 valence electrons. The van der Waals surface area contributed by atoms with Gasteiger partial charge in [0.05, 0.1) is 5.88 Å². The summed E-state index contributed by atoms with van der Waals surface area (Å²) in [6.07, 6.45) is 0. The number of fused-ring (bicyclic) bond motifs is 1. The lowest BCUT2D eigenvalue weighted by molar-refractivity contribution is 0.137. The minimum absolute atomic E-state index is 0.342. The van der Waals surface area contributed by atoms with Crippen molar-refractivity contribution >= 4 is 22.4 Å². The van der Waals surface area contributed by atoms with Crippen molar-refractivity contribution in [3.8, 4) is 5.75 Å². The first-order valence-electron chi connectivity index (χ1n) is 5.35. The molecule has 16 heavy (non-hydrogen) atoms. The first kappa shape index (κ1) is 11.3. The van der Waals surface area contributed by atoms with Gasteiger partial charge in [0.2, 0.25) is 0 Å². The zero-order chi connectivity index (χ0) is 11.6. The molecule has 0 unspecified atom stereocenters. The average Bonchev–Trinajstić information content (AvgIpc) is 2.29. The van der Waals surface area contributed by atoms with Crippen molar-refractivity contribution in [2.24, 2.45) is 0 Å². The molecule has 1 nitrogen and oxygen atoms in total. The third-order valence-electron chi connectivity index (χ3n) is 2.46. The van der Waals surface area contributed by atoms with Gasteiger partial charge in [0.1, 0.15) is 11.4 Å². The SMILES string of the molecule is CC(C)(CCl)Oc1cccc2ccccc12. The molecule has 0 bridgehead atoms. The van der Waals surface area contributed by atoms with Crippen LogP contribution < -0.4 is 4.74 Å². The normalized spacial score (nSPS) is 11.7. The van der Waals surface area contributed by atoms with E-state index in [2.05, 4.69) is 18.2 Å². The fourth-order valence-electron chi connectivity index (χ4n) is 1.61. The van der Waals surface area contributed by atoms with Crippen LogP contribution in [0.5, 0.6) is 5.75 Å². The molecule has 0 spiro atoms. The lowest BCUT2D eigenvalue weighted by Gasteiger charge is -2.24. The minimum Gasteiger partial charge on any atom is -0.486 e. The summed E-state index contributed by atoms with van der Waals surface area (Å²) >= 11 is 5.87. The van der Waals surface area contributed by atoms with Gasteiger partial charge in [-0.2, -0.15) is 0 Å². The van der Waals surface area contributed by atoms with E-state index in [1.807, 2.05) is 38.1 Å². The van der Waals surface area contributed by atoms with Crippen LogP contribution in [0.3, 0.4) is 0 Å². The Hall–Kier alpha value is -1.21. The summed E-state index contributed by atoms with van der Waals surface area (Å²) in [5.74, 6) is 1.36. The van der Waals surface area contributed by atoms with E-state index >= 15 is 0 Å². The molecule has 0 aliphatic carbocycles. The first-order valence-corrected chi connectivity index (χ1v) is 5.88. The van der Waals surface area contributed by atoms with Gasteiger partial charge in [0, 0.05) is 5.39 Å². The predicted molar refractivity (Wildman–Crippen MR) is 69.4 cm³/mol. The summed E-state index contributed by atoms with van der Waals surface area (Å²) in [4.78, 5) is 0. The number of hydrogen-bond acceptors (Lipinski definition) is 1. The number of halogens is 1. The predicted octanol–water partition coefficient (Wildman–Crippen LogP) is 4.24. The van der Waals surface area contributed by atoms with Crippen LogP contribution in [0.2, 0.25) is 0 Å². The summed E-state index contributed by atoms with van der Waals surface area (Å²) in [5.41, 5.74) is -0.342. The Morgan fingerprint density at radius 3 is 2.50 bits per heavy atom. The molecule has 0 heterocycles. The molecule has 0 saturated carbocycles. The molecule has 2 rings (SSSR count). The Bertz CT molecular complexity index is 486. The van der Waals surface area contributed by atoms with Crippen molar-refractivity contribution in [1.29, 1.82) is 0 Å². The number of hydrogen-bond donors (Lipinski definition) is 0. The van der Waals surface area contributed by atoms with Crippen LogP contribution in [0.15, 0.2) is 42.5 Å². The molecule has 2 aromatic rings. The lowest BCUT2D eigenvalue weighted by atomic mass is 10.1. The number of alkyl halides is 1. The number of benzene rings is 2. The van der Waals surface area contributed by atoms with Crippen LogP contribution in [0.4, 0.5) is 0 Å². The van der Waals surface area contributed by atoms with Crippen molar-refractivity contribution in [3.63, 3.8) is 0 Å². The molecule has 0 aliphatic heterocycles. The van der Waals surface area contributed by atoms with Gasteiger partial charge in [0.25, 0.3) is 0 Å². The Labute approximate surface area is 101 Å². The Balaban J connectivity index is 2.45. The molecule has 0 atom stereocenters. The van der Waals surface area contributed by atoms with E-state index in [4.69, 9.17) is 16.3 Å². The van der Waals surface area contributed by atoms with Crippen molar-refractivity contribution in [2.75, 3.05) is 5.88 Å². The third-order valence-corrected chi connectivity index (χ3v) is 3.10. The van der Waals surface area contributed by atoms with Crippen LogP contribution in [0.1, 0.15) is 13.8 Å². The van der Waals surface area contributed by atoms with E-state index in [1.54, 1.807) is 0 Å². The van der Waals surface area contributed by atoms with Crippen molar-refractivity contribution in [2.45, 2.75) is 19.4 Å². The van der Waals surface area contributed by atoms with Crippen LogP contribution in [-0.2, 0) is 0 Å². The van der Waals surface area contributed by atoms with Crippen molar-refractivity contribution in [3.05, 3.63) is 42.5 Å². The van der Waals surface area contributed by atoms with Gasteiger partial charge in [-0.3, -0.25) is 0 Å². The molecule has 0 N–H and O–H groups in total. The second-order valence-corrected chi connectivity index (χ2v) is 4.74. The van der Waals surface area contributed by atoms with Gasteiger partial charge in [-0.15, -0.1) is 11.6 Å². The molecular weight excluding hydrogens is 220 g/mol. The molecule has 0 aromatic heterocycles. The second-order valence-electron chi connectivity index (χ2n) is 4.47. The maximum absolute atomic E-state index is 5.93. The highest BCUT2D eigenvalue weighted by Gasteiger charge is 2.19. The van der Waals surface area contributed by atoms with Crippen molar-refractivity contribution in [1.82, 2.24) is 0 Å². The summed E-state index contributed by atoms with van der Waals surface area (Å²) in [7, 11) is 0. The zero-order valence-corrected chi connectivity index (χ0v) is 10.3. The van der Waals surface area contributed by atoms with E-state index in [0.717, 1.165) is 11.1 Å². The second kappa shape index (κ2) is 4.34. The number of rotatable bonds is 3. The fraction of sp³-hybridized carbons (Fsp3) is 0.286. The Morgan fingerprint density at radius 2 is 1.75 bits per heavy atom. The zero-order valence-electron chi connectivity index (χ0n) is 9.53. The summed E-state index contributed by atoms with van der Waals surface area (Å²) in [5, 5.41) is 2.31. The average molecular weight is 235 g/mol. The van der Waals surface area contributed by atoms with Crippen LogP contribution in [0.25, 0.3) is 10.8 Å². The highest BCUT2D eigenvalue weighted by molar-refractivity contribution is 6.18.